The number of aromatic nitrogens is 3. The van der Waals surface area contributed by atoms with Crippen LogP contribution in [0.25, 0.3) is 5.69 Å². The smallest absolute Gasteiger partial charge is 0.0676 e. The molecule has 21 heavy (non-hydrogen) atoms. The van der Waals surface area contributed by atoms with Crippen molar-refractivity contribution in [1.82, 2.24) is 19.7 Å². The standard InChI is InChI=1S/C15H21N5.ClH/c1-11-7-19(10-15(11)16)8-13-9-20(18-12(13)2)14-3-5-17-6-4-14;/h3-6,9,11,15H,7-8,10,16H2,1-2H3;1H. The van der Waals surface area contributed by atoms with Crippen LogP contribution in [0.5, 0.6) is 0 Å². The molecule has 0 radical (unpaired) electrons. The summed E-state index contributed by atoms with van der Waals surface area (Å²) in [6.07, 6.45) is 5.68. The highest BCUT2D eigenvalue weighted by Gasteiger charge is 2.27. The third kappa shape index (κ3) is 3.43. The molecule has 2 aromatic heterocycles. The first kappa shape index (κ1) is 15.9. The average molecular weight is 308 g/mol. The Bertz CT molecular complexity index is 573. The lowest BCUT2D eigenvalue weighted by Gasteiger charge is -2.14. The maximum absolute atomic E-state index is 6.09. The second-order valence-electron chi connectivity index (χ2n) is 5.72. The van der Waals surface area contributed by atoms with E-state index >= 15 is 0 Å². The van der Waals surface area contributed by atoms with Gasteiger partial charge in [0, 0.05) is 49.8 Å². The fourth-order valence-electron chi connectivity index (χ4n) is 2.75. The molecule has 2 unspecified atom stereocenters. The monoisotopic (exact) mass is 307 g/mol. The van der Waals surface area contributed by atoms with Crippen LogP contribution in [0.1, 0.15) is 18.2 Å². The summed E-state index contributed by atoms with van der Waals surface area (Å²) in [6, 6.07) is 4.22. The Hall–Kier alpha value is -1.43. The summed E-state index contributed by atoms with van der Waals surface area (Å²) in [7, 11) is 0. The van der Waals surface area contributed by atoms with Gasteiger partial charge in [-0.2, -0.15) is 5.10 Å². The van der Waals surface area contributed by atoms with Crippen LogP contribution in [-0.4, -0.2) is 38.8 Å². The van der Waals surface area contributed by atoms with E-state index in [0.29, 0.717) is 12.0 Å². The predicted octanol–water partition coefficient (Wildman–Crippen LogP) is 1.78. The van der Waals surface area contributed by atoms with Crippen LogP contribution in [0.4, 0.5) is 0 Å². The first-order valence-electron chi connectivity index (χ1n) is 7.07. The number of nitrogens with zero attached hydrogens (tertiary/aromatic N) is 4. The molecule has 2 atom stereocenters. The second-order valence-corrected chi connectivity index (χ2v) is 5.72. The van der Waals surface area contributed by atoms with Crippen LogP contribution in [0.3, 0.4) is 0 Å². The fraction of sp³-hybridized carbons (Fsp3) is 0.467. The van der Waals surface area contributed by atoms with Crippen molar-refractivity contribution in [3.63, 3.8) is 0 Å². The van der Waals surface area contributed by atoms with E-state index in [4.69, 9.17) is 5.73 Å². The quantitative estimate of drug-likeness (QED) is 0.939. The van der Waals surface area contributed by atoms with Gasteiger partial charge in [0.15, 0.2) is 0 Å². The van der Waals surface area contributed by atoms with Gasteiger partial charge < -0.3 is 5.73 Å². The zero-order chi connectivity index (χ0) is 14.1. The van der Waals surface area contributed by atoms with Gasteiger partial charge in [0.1, 0.15) is 0 Å². The summed E-state index contributed by atoms with van der Waals surface area (Å²) >= 11 is 0. The largest absolute Gasteiger partial charge is 0.326 e. The van der Waals surface area contributed by atoms with Crippen molar-refractivity contribution in [1.29, 1.82) is 0 Å². The van der Waals surface area contributed by atoms with Crippen LogP contribution in [-0.2, 0) is 6.54 Å². The lowest BCUT2D eigenvalue weighted by Crippen LogP contribution is -2.28. The summed E-state index contributed by atoms with van der Waals surface area (Å²) in [6.45, 7) is 7.25. The molecule has 0 saturated carbocycles. The minimum atomic E-state index is 0. The molecule has 5 nitrogen and oxygen atoms in total. The third-order valence-corrected chi connectivity index (χ3v) is 4.07. The molecule has 1 aliphatic heterocycles. The molecule has 2 N–H and O–H groups in total. The molecule has 1 fully saturated rings. The van der Waals surface area contributed by atoms with Crippen molar-refractivity contribution in [3.8, 4) is 5.69 Å². The van der Waals surface area contributed by atoms with Crippen LogP contribution in [0.15, 0.2) is 30.7 Å². The highest BCUT2D eigenvalue weighted by atomic mass is 35.5. The maximum atomic E-state index is 6.09. The SMILES string of the molecule is Cc1nn(-c2ccncc2)cc1CN1CC(C)C(N)C1.Cl. The van der Waals surface area contributed by atoms with E-state index < -0.39 is 0 Å². The molecule has 0 aromatic carbocycles. The molecule has 114 valence electrons. The van der Waals surface area contributed by atoms with Gasteiger partial charge in [0.25, 0.3) is 0 Å². The molecule has 3 rings (SSSR count). The zero-order valence-electron chi connectivity index (χ0n) is 12.4. The first-order chi connectivity index (χ1) is 9.63. The molecule has 0 spiro atoms. The molecule has 3 heterocycles. The molecular weight excluding hydrogens is 286 g/mol. The van der Waals surface area contributed by atoms with Crippen LogP contribution >= 0.6 is 12.4 Å². The van der Waals surface area contributed by atoms with E-state index in [1.807, 2.05) is 16.8 Å². The number of nitrogens with two attached hydrogens (primary N) is 1. The highest BCUT2D eigenvalue weighted by Crippen LogP contribution is 2.19. The van der Waals surface area contributed by atoms with Crippen LogP contribution in [0, 0.1) is 12.8 Å². The summed E-state index contributed by atoms with van der Waals surface area (Å²) < 4.78 is 1.92. The number of likely N-dealkylation sites (tertiary alicyclic amines) is 1. The Morgan fingerprint density at radius 3 is 2.62 bits per heavy atom. The summed E-state index contributed by atoms with van der Waals surface area (Å²) in [5.41, 5.74) is 9.48. The summed E-state index contributed by atoms with van der Waals surface area (Å²) in [5.74, 6) is 0.575. The van der Waals surface area contributed by atoms with E-state index in [2.05, 4.69) is 35.0 Å². The maximum Gasteiger partial charge on any atom is 0.0676 e. The van der Waals surface area contributed by atoms with Crippen molar-refractivity contribution in [2.45, 2.75) is 26.4 Å². The van der Waals surface area contributed by atoms with Crippen LogP contribution < -0.4 is 5.73 Å². The summed E-state index contributed by atoms with van der Waals surface area (Å²) in [4.78, 5) is 6.45. The van der Waals surface area contributed by atoms with E-state index in [9.17, 15) is 0 Å². The van der Waals surface area contributed by atoms with Gasteiger partial charge in [0.2, 0.25) is 0 Å². The Morgan fingerprint density at radius 2 is 2.00 bits per heavy atom. The Kier molecular flexibility index (Phi) is 4.98. The molecule has 6 heteroatoms. The summed E-state index contributed by atoms with van der Waals surface area (Å²) in [5, 5.41) is 4.59. The number of pyridine rings is 1. The van der Waals surface area contributed by atoms with Crippen molar-refractivity contribution < 1.29 is 0 Å². The molecule has 1 aliphatic rings. The van der Waals surface area contributed by atoms with Gasteiger partial charge in [-0.3, -0.25) is 9.88 Å². The number of halogens is 1. The minimum absolute atomic E-state index is 0. The Balaban J connectivity index is 0.00000161. The Labute approximate surface area is 131 Å². The first-order valence-corrected chi connectivity index (χ1v) is 7.07. The average Bonchev–Trinajstić information content (AvgIpc) is 2.95. The molecule has 2 aromatic rings. The van der Waals surface area contributed by atoms with Gasteiger partial charge in [-0.15, -0.1) is 12.4 Å². The lowest BCUT2D eigenvalue weighted by atomic mass is 10.1. The minimum Gasteiger partial charge on any atom is -0.326 e. The molecule has 0 aliphatic carbocycles. The molecule has 0 bridgehead atoms. The number of hydrogen-bond donors (Lipinski definition) is 1. The zero-order valence-corrected chi connectivity index (χ0v) is 13.3. The topological polar surface area (TPSA) is 60.0 Å². The van der Waals surface area contributed by atoms with Gasteiger partial charge in [-0.25, -0.2) is 4.68 Å². The van der Waals surface area contributed by atoms with Crippen molar-refractivity contribution in [3.05, 3.63) is 42.0 Å². The molecular formula is C15H22ClN5. The van der Waals surface area contributed by atoms with Crippen molar-refractivity contribution in [2.75, 3.05) is 13.1 Å². The van der Waals surface area contributed by atoms with Gasteiger partial charge in [0.05, 0.1) is 11.4 Å². The second kappa shape index (κ2) is 6.56. The fourth-order valence-corrected chi connectivity index (χ4v) is 2.75. The number of hydrogen-bond acceptors (Lipinski definition) is 4. The van der Waals surface area contributed by atoms with Crippen LogP contribution in [0.2, 0.25) is 0 Å². The number of rotatable bonds is 3. The number of aryl methyl sites for hydroxylation is 1. The van der Waals surface area contributed by atoms with Gasteiger partial charge in [-0.05, 0) is 25.0 Å². The molecule has 1 saturated heterocycles. The van der Waals surface area contributed by atoms with E-state index in [0.717, 1.165) is 31.0 Å². The van der Waals surface area contributed by atoms with E-state index in [-0.39, 0.29) is 12.4 Å². The van der Waals surface area contributed by atoms with Gasteiger partial charge >= 0.3 is 0 Å². The molecule has 0 amide bonds. The van der Waals surface area contributed by atoms with E-state index in [1.54, 1.807) is 12.4 Å². The normalized spacial score (nSPS) is 22.2. The lowest BCUT2D eigenvalue weighted by molar-refractivity contribution is 0.318. The highest BCUT2D eigenvalue weighted by molar-refractivity contribution is 5.85. The Morgan fingerprint density at radius 1 is 1.29 bits per heavy atom. The predicted molar refractivity (Wildman–Crippen MR) is 85.8 cm³/mol. The van der Waals surface area contributed by atoms with Crippen molar-refractivity contribution >= 4 is 12.4 Å². The van der Waals surface area contributed by atoms with Crippen molar-refractivity contribution in [2.24, 2.45) is 11.7 Å². The van der Waals surface area contributed by atoms with Gasteiger partial charge in [-0.1, -0.05) is 6.92 Å². The third-order valence-electron chi connectivity index (χ3n) is 4.07. The van der Waals surface area contributed by atoms with E-state index in [1.165, 1.54) is 5.56 Å².